The normalized spacial score (nSPS) is 11.5. The number of aromatic nitrogens is 1. The van der Waals surface area contributed by atoms with Crippen LogP contribution in [0.4, 0.5) is 0 Å². The Morgan fingerprint density at radius 3 is 2.58 bits per heavy atom. The molecular formula is C11H8ClNO5S. The molecular weight excluding hydrogens is 294 g/mol. The minimum absolute atomic E-state index is 0.0618. The molecule has 0 aliphatic heterocycles. The van der Waals surface area contributed by atoms with Gasteiger partial charge in [0.1, 0.15) is 5.69 Å². The second-order valence-corrected chi connectivity index (χ2v) is 6.22. The highest BCUT2D eigenvalue weighted by Crippen LogP contribution is 2.30. The highest BCUT2D eigenvalue weighted by Gasteiger charge is 2.17. The first-order valence-corrected chi connectivity index (χ1v) is 7.26. The van der Waals surface area contributed by atoms with Gasteiger partial charge in [0.15, 0.2) is 9.84 Å². The van der Waals surface area contributed by atoms with Crippen LogP contribution in [0, 0.1) is 0 Å². The zero-order valence-electron chi connectivity index (χ0n) is 9.62. The van der Waals surface area contributed by atoms with Crippen LogP contribution in [0.2, 0.25) is 5.02 Å². The number of hydrogen-bond acceptors (Lipinski definition) is 5. The van der Waals surface area contributed by atoms with Crippen molar-refractivity contribution in [3.8, 4) is 11.3 Å². The summed E-state index contributed by atoms with van der Waals surface area (Å²) in [5, 5.41) is 12.5. The van der Waals surface area contributed by atoms with Crippen molar-refractivity contribution < 1.29 is 22.8 Å². The fourth-order valence-electron chi connectivity index (χ4n) is 1.43. The number of rotatable bonds is 3. The molecule has 100 valence electrons. The maximum Gasteiger partial charge on any atom is 0.374 e. The van der Waals surface area contributed by atoms with E-state index in [4.69, 9.17) is 16.7 Å². The fourth-order valence-corrected chi connectivity index (χ4v) is 2.30. The van der Waals surface area contributed by atoms with Gasteiger partial charge >= 0.3 is 5.97 Å². The SMILES string of the molecule is CS(=O)(=O)c1ccc(Cl)c(-c2cc(C(=O)O)on2)c1. The summed E-state index contributed by atoms with van der Waals surface area (Å²) >= 11 is 5.95. The molecule has 1 aromatic carbocycles. The number of aromatic carboxylic acids is 1. The largest absolute Gasteiger partial charge is 0.475 e. The number of carboxylic acids is 1. The van der Waals surface area contributed by atoms with E-state index in [1.54, 1.807) is 0 Å². The second kappa shape index (κ2) is 4.67. The molecule has 0 spiro atoms. The summed E-state index contributed by atoms with van der Waals surface area (Å²) in [6.45, 7) is 0. The molecule has 0 saturated carbocycles. The molecule has 0 unspecified atom stereocenters. The third-order valence-corrected chi connectivity index (χ3v) is 3.80. The summed E-state index contributed by atoms with van der Waals surface area (Å²) in [6.07, 6.45) is 1.06. The van der Waals surface area contributed by atoms with Gasteiger partial charge in [-0.3, -0.25) is 0 Å². The molecule has 1 heterocycles. The number of nitrogens with zero attached hydrogens (tertiary/aromatic N) is 1. The van der Waals surface area contributed by atoms with E-state index in [0.717, 1.165) is 6.26 Å². The highest BCUT2D eigenvalue weighted by atomic mass is 35.5. The number of benzene rings is 1. The first kappa shape index (κ1) is 13.6. The van der Waals surface area contributed by atoms with Crippen LogP contribution in [-0.4, -0.2) is 30.9 Å². The lowest BCUT2D eigenvalue weighted by atomic mass is 10.1. The molecule has 2 aromatic rings. The van der Waals surface area contributed by atoms with Crippen molar-refractivity contribution in [1.29, 1.82) is 0 Å². The van der Waals surface area contributed by atoms with Crippen LogP contribution < -0.4 is 0 Å². The van der Waals surface area contributed by atoms with Gasteiger partial charge in [-0.05, 0) is 18.2 Å². The lowest BCUT2D eigenvalue weighted by molar-refractivity contribution is 0.0652. The molecule has 0 amide bonds. The number of carboxylic acid groups (broad SMARTS) is 1. The van der Waals surface area contributed by atoms with Gasteiger partial charge in [0.25, 0.3) is 0 Å². The predicted octanol–water partition coefficient (Wildman–Crippen LogP) is 2.10. The van der Waals surface area contributed by atoms with Gasteiger partial charge in [-0.25, -0.2) is 13.2 Å². The van der Waals surface area contributed by atoms with E-state index in [-0.39, 0.29) is 21.4 Å². The van der Waals surface area contributed by atoms with Crippen LogP contribution in [0.5, 0.6) is 0 Å². The van der Waals surface area contributed by atoms with Gasteiger partial charge in [0, 0.05) is 17.9 Å². The Kier molecular flexibility index (Phi) is 3.34. The zero-order valence-corrected chi connectivity index (χ0v) is 11.2. The van der Waals surface area contributed by atoms with Gasteiger partial charge in [0.05, 0.1) is 9.92 Å². The van der Waals surface area contributed by atoms with E-state index >= 15 is 0 Å². The molecule has 0 fully saturated rings. The molecule has 0 bridgehead atoms. The van der Waals surface area contributed by atoms with Crippen LogP contribution in [0.15, 0.2) is 33.7 Å². The Bertz CT molecular complexity index is 750. The predicted molar refractivity (Wildman–Crippen MR) is 67.0 cm³/mol. The topological polar surface area (TPSA) is 97.5 Å². The minimum Gasteiger partial charge on any atom is -0.475 e. The first-order valence-electron chi connectivity index (χ1n) is 4.99. The number of halogens is 1. The summed E-state index contributed by atoms with van der Waals surface area (Å²) in [4.78, 5) is 10.8. The number of carbonyl (C=O) groups is 1. The third kappa shape index (κ3) is 2.77. The van der Waals surface area contributed by atoms with Gasteiger partial charge < -0.3 is 9.63 Å². The van der Waals surface area contributed by atoms with Crippen LogP contribution in [0.25, 0.3) is 11.3 Å². The van der Waals surface area contributed by atoms with Crippen molar-refractivity contribution in [2.24, 2.45) is 0 Å². The van der Waals surface area contributed by atoms with Crippen molar-refractivity contribution in [2.45, 2.75) is 4.90 Å². The van der Waals surface area contributed by atoms with E-state index in [2.05, 4.69) is 9.68 Å². The fraction of sp³-hybridized carbons (Fsp3) is 0.0909. The summed E-state index contributed by atoms with van der Waals surface area (Å²) < 4.78 is 27.5. The average molecular weight is 302 g/mol. The summed E-state index contributed by atoms with van der Waals surface area (Å²) in [7, 11) is -3.39. The Hall–Kier alpha value is -1.86. The van der Waals surface area contributed by atoms with E-state index in [9.17, 15) is 13.2 Å². The van der Waals surface area contributed by atoms with E-state index < -0.39 is 15.8 Å². The van der Waals surface area contributed by atoms with Crippen LogP contribution >= 0.6 is 11.6 Å². The van der Waals surface area contributed by atoms with Crippen LogP contribution in [0.3, 0.4) is 0 Å². The Labute approximate surface area is 113 Å². The molecule has 8 heteroatoms. The van der Waals surface area contributed by atoms with E-state index in [0.29, 0.717) is 5.56 Å². The average Bonchev–Trinajstić information content (AvgIpc) is 2.77. The number of hydrogen-bond donors (Lipinski definition) is 1. The van der Waals surface area contributed by atoms with Gasteiger partial charge in [-0.2, -0.15) is 0 Å². The monoisotopic (exact) mass is 301 g/mol. The third-order valence-electron chi connectivity index (χ3n) is 2.36. The molecule has 1 N–H and O–H groups in total. The van der Waals surface area contributed by atoms with Gasteiger partial charge in [0.2, 0.25) is 5.76 Å². The number of sulfone groups is 1. The lowest BCUT2D eigenvalue weighted by Gasteiger charge is -2.03. The molecule has 6 nitrogen and oxygen atoms in total. The van der Waals surface area contributed by atoms with E-state index in [1.165, 1.54) is 24.3 Å². The molecule has 0 atom stereocenters. The van der Waals surface area contributed by atoms with Crippen molar-refractivity contribution in [3.63, 3.8) is 0 Å². The maximum absolute atomic E-state index is 11.5. The minimum atomic E-state index is -3.39. The quantitative estimate of drug-likeness (QED) is 0.932. The smallest absolute Gasteiger partial charge is 0.374 e. The standard InChI is InChI=1S/C11H8ClNO5S/c1-19(16,17)6-2-3-8(12)7(4-6)9-5-10(11(14)15)18-13-9/h2-5H,1H3,(H,14,15). The highest BCUT2D eigenvalue weighted by molar-refractivity contribution is 7.90. The first-order chi connectivity index (χ1) is 8.79. The van der Waals surface area contributed by atoms with Gasteiger partial charge in [-0.1, -0.05) is 16.8 Å². The van der Waals surface area contributed by atoms with Crippen molar-refractivity contribution >= 4 is 27.4 Å². The summed E-state index contributed by atoms with van der Waals surface area (Å²) in [6, 6.07) is 5.26. The van der Waals surface area contributed by atoms with E-state index in [1.807, 2.05) is 0 Å². The Morgan fingerprint density at radius 1 is 1.37 bits per heavy atom. The summed E-state index contributed by atoms with van der Waals surface area (Å²) in [5.74, 6) is -1.62. The molecule has 0 aliphatic carbocycles. The lowest BCUT2D eigenvalue weighted by Crippen LogP contribution is -1.97. The molecule has 1 aromatic heterocycles. The van der Waals surface area contributed by atoms with Crippen LogP contribution in [0.1, 0.15) is 10.6 Å². The molecule has 19 heavy (non-hydrogen) atoms. The molecule has 0 aliphatic rings. The molecule has 2 rings (SSSR count). The Balaban J connectivity index is 2.57. The van der Waals surface area contributed by atoms with Crippen molar-refractivity contribution in [3.05, 3.63) is 35.0 Å². The summed E-state index contributed by atoms with van der Waals surface area (Å²) in [5.41, 5.74) is 0.453. The van der Waals surface area contributed by atoms with Crippen molar-refractivity contribution in [2.75, 3.05) is 6.26 Å². The van der Waals surface area contributed by atoms with Crippen molar-refractivity contribution in [1.82, 2.24) is 5.16 Å². The van der Waals surface area contributed by atoms with Crippen LogP contribution in [-0.2, 0) is 9.84 Å². The maximum atomic E-state index is 11.5. The molecule has 0 radical (unpaired) electrons. The molecule has 0 saturated heterocycles. The second-order valence-electron chi connectivity index (χ2n) is 3.80. The van der Waals surface area contributed by atoms with Gasteiger partial charge in [-0.15, -0.1) is 0 Å². The Morgan fingerprint density at radius 2 is 2.05 bits per heavy atom. The zero-order chi connectivity index (χ0) is 14.2.